The van der Waals surface area contributed by atoms with Crippen LogP contribution in [0.4, 0.5) is 5.69 Å². The van der Waals surface area contributed by atoms with Gasteiger partial charge >= 0.3 is 0 Å². The minimum Gasteiger partial charge on any atom is -0.484 e. The summed E-state index contributed by atoms with van der Waals surface area (Å²) >= 11 is 0. The monoisotopic (exact) mass is 621 g/mol. The highest BCUT2D eigenvalue weighted by Crippen LogP contribution is 2.28. The molecule has 0 fully saturated rings. The van der Waals surface area contributed by atoms with Crippen LogP contribution in [0.2, 0.25) is 0 Å². The predicted molar refractivity (Wildman–Crippen MR) is 185 cm³/mol. The number of fused-ring (bicyclic) bond motifs is 2. The van der Waals surface area contributed by atoms with Crippen molar-refractivity contribution < 1.29 is 13.9 Å². The van der Waals surface area contributed by atoms with E-state index in [-0.39, 0.29) is 18.1 Å². The van der Waals surface area contributed by atoms with Crippen molar-refractivity contribution in [3.05, 3.63) is 142 Å². The molecule has 7 rings (SSSR count). The molecule has 1 amide bonds. The van der Waals surface area contributed by atoms with E-state index in [1.165, 1.54) is 4.68 Å². The number of carbonyl (C=O) groups is 1. The topological polar surface area (TPSA) is 104 Å². The van der Waals surface area contributed by atoms with Gasteiger partial charge in [0.15, 0.2) is 12.4 Å². The van der Waals surface area contributed by atoms with Crippen molar-refractivity contribution in [2.45, 2.75) is 20.8 Å². The number of rotatable bonds is 8. The molecule has 0 radical (unpaired) electrons. The zero-order valence-electron chi connectivity index (χ0n) is 26.1. The number of anilines is 1. The summed E-state index contributed by atoms with van der Waals surface area (Å²) in [5.41, 5.74) is 6.40. The lowest BCUT2D eigenvalue weighted by Gasteiger charge is -2.12. The van der Waals surface area contributed by atoms with Gasteiger partial charge in [-0.05, 0) is 87.0 Å². The first-order valence-electron chi connectivity index (χ1n) is 15.2. The average molecular weight is 622 g/mol. The van der Waals surface area contributed by atoms with Crippen LogP contribution in [-0.2, 0) is 4.79 Å². The third-order valence-electron chi connectivity index (χ3n) is 8.07. The summed E-state index contributed by atoms with van der Waals surface area (Å²) in [5.74, 6) is 1.12. The first-order valence-corrected chi connectivity index (χ1v) is 15.2. The van der Waals surface area contributed by atoms with Crippen LogP contribution in [-0.4, -0.2) is 33.0 Å². The number of hydrogen-bond acceptors (Lipinski definition) is 6. The lowest BCUT2D eigenvalue weighted by atomic mass is 10.2. The van der Waals surface area contributed by atoms with E-state index in [2.05, 4.69) is 15.0 Å². The lowest BCUT2D eigenvalue weighted by Crippen LogP contribution is -2.20. The van der Waals surface area contributed by atoms with Crippen LogP contribution in [0.25, 0.3) is 39.1 Å². The largest absolute Gasteiger partial charge is 0.484 e. The van der Waals surface area contributed by atoms with E-state index < -0.39 is 0 Å². The van der Waals surface area contributed by atoms with Crippen molar-refractivity contribution in [3.8, 4) is 23.0 Å². The zero-order chi connectivity index (χ0) is 32.5. The maximum absolute atomic E-state index is 13.7. The molecule has 9 heteroatoms. The Kier molecular flexibility index (Phi) is 7.71. The maximum Gasteiger partial charge on any atom is 0.282 e. The quantitative estimate of drug-likeness (QED) is 0.178. The highest BCUT2D eigenvalue weighted by Gasteiger charge is 2.17. The Bertz CT molecular complexity index is 2330. The molecule has 232 valence electrons. The van der Waals surface area contributed by atoms with Crippen LogP contribution in [0, 0.1) is 20.8 Å². The van der Waals surface area contributed by atoms with Crippen LogP contribution in [0.5, 0.6) is 5.75 Å². The smallest absolute Gasteiger partial charge is 0.282 e. The number of furan rings is 1. The van der Waals surface area contributed by atoms with Crippen LogP contribution >= 0.6 is 0 Å². The Hall–Kier alpha value is -6.22. The Morgan fingerprint density at radius 1 is 0.915 bits per heavy atom. The van der Waals surface area contributed by atoms with Crippen LogP contribution in [0.1, 0.15) is 22.5 Å². The number of para-hydroxylation sites is 3. The van der Waals surface area contributed by atoms with Crippen molar-refractivity contribution in [2.24, 2.45) is 5.10 Å². The van der Waals surface area contributed by atoms with Crippen molar-refractivity contribution in [1.29, 1.82) is 0 Å². The number of ether oxygens (including phenoxy) is 1. The molecular weight excluding hydrogens is 590 g/mol. The molecule has 0 aliphatic carbocycles. The number of benzene rings is 4. The van der Waals surface area contributed by atoms with Crippen molar-refractivity contribution in [3.63, 3.8) is 0 Å². The third-order valence-corrected chi connectivity index (χ3v) is 8.07. The number of nitrogens with zero attached hydrogens (tertiary/aromatic N) is 4. The summed E-state index contributed by atoms with van der Waals surface area (Å²) in [5, 5.41) is 8.91. The first kappa shape index (κ1) is 29.5. The summed E-state index contributed by atoms with van der Waals surface area (Å²) < 4.78 is 15.2. The van der Waals surface area contributed by atoms with E-state index in [0.29, 0.717) is 33.8 Å². The van der Waals surface area contributed by atoms with Gasteiger partial charge in [-0.2, -0.15) is 9.78 Å². The molecule has 47 heavy (non-hydrogen) atoms. The first-order chi connectivity index (χ1) is 22.9. The Morgan fingerprint density at radius 3 is 2.47 bits per heavy atom. The molecule has 4 aromatic carbocycles. The summed E-state index contributed by atoms with van der Waals surface area (Å²) in [6.07, 6.45) is 1.67. The number of aromatic nitrogens is 3. The van der Waals surface area contributed by atoms with Crippen LogP contribution < -0.4 is 15.6 Å². The lowest BCUT2D eigenvalue weighted by molar-refractivity contribution is -0.118. The maximum atomic E-state index is 13.7. The van der Waals surface area contributed by atoms with Gasteiger partial charge in [-0.3, -0.25) is 9.59 Å². The van der Waals surface area contributed by atoms with E-state index in [1.807, 2.05) is 118 Å². The number of hydrogen-bond donors (Lipinski definition) is 1. The van der Waals surface area contributed by atoms with Crippen molar-refractivity contribution >= 4 is 39.7 Å². The predicted octanol–water partition coefficient (Wildman–Crippen LogP) is 7.43. The average Bonchev–Trinajstić information content (AvgIpc) is 3.64. The minimum absolute atomic E-state index is 0.102. The number of aryl methyl sites for hydroxylation is 2. The third kappa shape index (κ3) is 5.82. The standard InChI is InChI=1S/C38H31N5O4/c1-24-10-4-7-13-32(24)40-36(44)23-46-30-18-16-29(17-19-30)42-25(2)20-28(26(42)3)22-39-43-37(35-21-27-11-5-9-15-34(27)47-35)41-33-14-8-6-12-31(33)38(43)45/h4-22H,23H2,1-3H3,(H,40,44). The zero-order valence-corrected chi connectivity index (χ0v) is 26.1. The van der Waals surface area contributed by atoms with Gasteiger partial charge in [0.1, 0.15) is 11.3 Å². The van der Waals surface area contributed by atoms with Gasteiger partial charge in [-0.15, -0.1) is 0 Å². The molecule has 0 unspecified atom stereocenters. The van der Waals surface area contributed by atoms with E-state index >= 15 is 0 Å². The SMILES string of the molecule is Cc1ccccc1NC(=O)COc1ccc(-n2c(C)cc(C=Nn3c(-c4cc5ccccc5o4)nc4ccccc4c3=O)c2C)cc1. The van der Waals surface area contributed by atoms with E-state index in [0.717, 1.165) is 39.3 Å². The molecule has 0 saturated carbocycles. The molecule has 0 saturated heterocycles. The summed E-state index contributed by atoms with van der Waals surface area (Å²) in [6, 6.07) is 33.9. The van der Waals surface area contributed by atoms with Gasteiger partial charge in [0.2, 0.25) is 5.82 Å². The number of nitrogens with one attached hydrogen (secondary N) is 1. The van der Waals surface area contributed by atoms with Gasteiger partial charge in [0, 0.05) is 33.7 Å². The van der Waals surface area contributed by atoms with Gasteiger partial charge in [0.25, 0.3) is 11.5 Å². The fourth-order valence-corrected chi connectivity index (χ4v) is 5.66. The van der Waals surface area contributed by atoms with Crippen LogP contribution in [0.15, 0.2) is 124 Å². The van der Waals surface area contributed by atoms with Gasteiger partial charge < -0.3 is 19.0 Å². The number of amides is 1. The molecule has 0 aliphatic heterocycles. The highest BCUT2D eigenvalue weighted by molar-refractivity contribution is 5.92. The van der Waals surface area contributed by atoms with Gasteiger partial charge in [0.05, 0.1) is 17.1 Å². The summed E-state index contributed by atoms with van der Waals surface area (Å²) in [4.78, 5) is 30.9. The highest BCUT2D eigenvalue weighted by atomic mass is 16.5. The second kappa shape index (κ2) is 12.3. The van der Waals surface area contributed by atoms with E-state index in [9.17, 15) is 9.59 Å². The molecule has 0 aliphatic rings. The molecular formula is C38H31N5O4. The molecule has 3 aromatic heterocycles. The van der Waals surface area contributed by atoms with Crippen molar-refractivity contribution in [2.75, 3.05) is 11.9 Å². The second-order valence-electron chi connectivity index (χ2n) is 11.3. The van der Waals surface area contributed by atoms with Crippen LogP contribution in [0.3, 0.4) is 0 Å². The Labute approximate surface area is 270 Å². The molecule has 9 nitrogen and oxygen atoms in total. The molecule has 0 atom stereocenters. The Balaban J connectivity index is 1.15. The van der Waals surface area contributed by atoms with Crippen molar-refractivity contribution in [1.82, 2.24) is 14.2 Å². The fraction of sp³-hybridized carbons (Fsp3) is 0.105. The number of carbonyl (C=O) groups excluding carboxylic acids is 1. The molecule has 1 N–H and O–H groups in total. The second-order valence-corrected chi connectivity index (χ2v) is 11.3. The van der Waals surface area contributed by atoms with Gasteiger partial charge in [-0.1, -0.05) is 48.5 Å². The fourth-order valence-electron chi connectivity index (χ4n) is 5.66. The summed E-state index contributed by atoms with van der Waals surface area (Å²) in [7, 11) is 0. The minimum atomic E-state index is -0.292. The van der Waals surface area contributed by atoms with E-state index in [1.54, 1.807) is 18.3 Å². The van der Waals surface area contributed by atoms with E-state index in [4.69, 9.17) is 14.1 Å². The van der Waals surface area contributed by atoms with Gasteiger partial charge in [-0.25, -0.2) is 4.98 Å². The summed E-state index contributed by atoms with van der Waals surface area (Å²) in [6.45, 7) is 5.84. The normalized spacial score (nSPS) is 11.5. The Morgan fingerprint density at radius 2 is 1.66 bits per heavy atom. The molecule has 0 bridgehead atoms. The molecule has 0 spiro atoms. The molecule has 3 heterocycles. The molecule has 7 aromatic rings.